The number of hydrogen-bond donors (Lipinski definition) is 1. The number of anilines is 1. The summed E-state index contributed by atoms with van der Waals surface area (Å²) in [6, 6.07) is 7.60. The molecule has 0 saturated carbocycles. The van der Waals surface area contributed by atoms with E-state index in [-0.39, 0.29) is 12.5 Å². The van der Waals surface area contributed by atoms with Crippen molar-refractivity contribution in [2.24, 2.45) is 0 Å². The van der Waals surface area contributed by atoms with E-state index in [4.69, 9.17) is 9.47 Å². The Morgan fingerprint density at radius 3 is 2.81 bits per heavy atom. The quantitative estimate of drug-likeness (QED) is 0.813. The van der Waals surface area contributed by atoms with Crippen LogP contribution in [0.25, 0.3) is 0 Å². The number of morpholine rings is 1. The topological polar surface area (TPSA) is 50.8 Å². The van der Waals surface area contributed by atoms with Gasteiger partial charge in [0.1, 0.15) is 12.4 Å². The fourth-order valence-corrected chi connectivity index (χ4v) is 2.03. The van der Waals surface area contributed by atoms with Gasteiger partial charge in [-0.1, -0.05) is 18.7 Å². The monoisotopic (exact) mass is 290 g/mol. The Balaban J connectivity index is 1.89. The number of rotatable bonds is 6. The van der Waals surface area contributed by atoms with E-state index in [0.29, 0.717) is 32.9 Å². The van der Waals surface area contributed by atoms with E-state index in [0.717, 1.165) is 17.0 Å². The van der Waals surface area contributed by atoms with Crippen LogP contribution in [0, 0.1) is 0 Å². The van der Waals surface area contributed by atoms with Crippen LogP contribution >= 0.6 is 0 Å². The molecule has 2 rings (SSSR count). The molecule has 0 bridgehead atoms. The second kappa shape index (κ2) is 7.69. The minimum Gasteiger partial charge on any atom is -0.487 e. The highest BCUT2D eigenvalue weighted by Crippen LogP contribution is 2.23. The van der Waals surface area contributed by atoms with E-state index in [1.165, 1.54) is 0 Å². The first-order valence-corrected chi connectivity index (χ1v) is 7.12. The van der Waals surface area contributed by atoms with Gasteiger partial charge in [-0.3, -0.25) is 4.79 Å². The standard InChI is InChI=1S/C16H22N2O3/c1-13(2)12-21-15-6-4-3-5-14(15)17-11-16(19)18-7-9-20-10-8-18/h3-6,17H,1,7-12H2,2H3. The van der Waals surface area contributed by atoms with Crippen molar-refractivity contribution in [3.8, 4) is 5.75 Å². The molecule has 5 heteroatoms. The Bertz CT molecular complexity index is 496. The van der Waals surface area contributed by atoms with Gasteiger partial charge in [0.05, 0.1) is 25.4 Å². The molecule has 1 N–H and O–H groups in total. The highest BCUT2D eigenvalue weighted by molar-refractivity contribution is 5.81. The molecule has 0 radical (unpaired) electrons. The largest absolute Gasteiger partial charge is 0.487 e. The normalized spacial score (nSPS) is 14.6. The van der Waals surface area contributed by atoms with Crippen LogP contribution in [0.4, 0.5) is 5.69 Å². The Hall–Kier alpha value is -2.01. The van der Waals surface area contributed by atoms with Gasteiger partial charge in [0, 0.05) is 13.1 Å². The fraction of sp³-hybridized carbons (Fsp3) is 0.438. The van der Waals surface area contributed by atoms with E-state index >= 15 is 0 Å². The van der Waals surface area contributed by atoms with E-state index in [2.05, 4.69) is 11.9 Å². The van der Waals surface area contributed by atoms with E-state index in [1.54, 1.807) is 0 Å². The van der Waals surface area contributed by atoms with Gasteiger partial charge in [-0.15, -0.1) is 0 Å². The van der Waals surface area contributed by atoms with E-state index in [1.807, 2.05) is 36.1 Å². The number of para-hydroxylation sites is 2. The van der Waals surface area contributed by atoms with Crippen LogP contribution < -0.4 is 10.1 Å². The van der Waals surface area contributed by atoms with Crippen molar-refractivity contribution < 1.29 is 14.3 Å². The molecule has 21 heavy (non-hydrogen) atoms. The number of carbonyl (C=O) groups is 1. The maximum Gasteiger partial charge on any atom is 0.242 e. The van der Waals surface area contributed by atoms with Crippen molar-refractivity contribution in [2.45, 2.75) is 6.92 Å². The lowest BCUT2D eigenvalue weighted by molar-refractivity contribution is -0.133. The molecule has 1 aromatic carbocycles. The zero-order valence-corrected chi connectivity index (χ0v) is 12.4. The second-order valence-corrected chi connectivity index (χ2v) is 5.09. The van der Waals surface area contributed by atoms with Gasteiger partial charge in [0.15, 0.2) is 0 Å². The first kappa shape index (κ1) is 15.4. The Labute approximate surface area is 125 Å². The Morgan fingerprint density at radius 2 is 2.10 bits per heavy atom. The van der Waals surface area contributed by atoms with Crippen molar-refractivity contribution in [2.75, 3.05) is 44.8 Å². The number of hydrogen-bond acceptors (Lipinski definition) is 4. The van der Waals surface area contributed by atoms with Gasteiger partial charge in [-0.2, -0.15) is 0 Å². The minimum atomic E-state index is 0.0769. The third kappa shape index (κ3) is 4.79. The Morgan fingerprint density at radius 1 is 1.38 bits per heavy atom. The number of carbonyl (C=O) groups excluding carboxylic acids is 1. The van der Waals surface area contributed by atoms with Crippen LogP contribution in [0.5, 0.6) is 5.75 Å². The zero-order chi connectivity index (χ0) is 15.1. The molecule has 5 nitrogen and oxygen atoms in total. The molecule has 0 unspecified atom stereocenters. The summed E-state index contributed by atoms with van der Waals surface area (Å²) in [5.41, 5.74) is 1.77. The summed E-state index contributed by atoms with van der Waals surface area (Å²) < 4.78 is 10.9. The van der Waals surface area contributed by atoms with Gasteiger partial charge in [-0.25, -0.2) is 0 Å². The van der Waals surface area contributed by atoms with Crippen molar-refractivity contribution in [3.63, 3.8) is 0 Å². The number of nitrogens with zero attached hydrogens (tertiary/aromatic N) is 1. The third-order valence-corrected chi connectivity index (χ3v) is 3.15. The van der Waals surface area contributed by atoms with Gasteiger partial charge < -0.3 is 19.7 Å². The highest BCUT2D eigenvalue weighted by Gasteiger charge is 2.16. The molecule has 0 aromatic heterocycles. The maximum absolute atomic E-state index is 12.1. The van der Waals surface area contributed by atoms with Gasteiger partial charge in [0.25, 0.3) is 0 Å². The van der Waals surface area contributed by atoms with Crippen molar-refractivity contribution in [3.05, 3.63) is 36.4 Å². The molecule has 1 aliphatic rings. The number of ether oxygens (including phenoxy) is 2. The zero-order valence-electron chi connectivity index (χ0n) is 12.4. The van der Waals surface area contributed by atoms with Crippen LogP contribution in [0.15, 0.2) is 36.4 Å². The molecule has 1 saturated heterocycles. The minimum absolute atomic E-state index is 0.0769. The van der Waals surface area contributed by atoms with Crippen molar-refractivity contribution >= 4 is 11.6 Å². The molecule has 0 atom stereocenters. The fourth-order valence-electron chi connectivity index (χ4n) is 2.03. The molecule has 1 aliphatic heterocycles. The van der Waals surface area contributed by atoms with Crippen LogP contribution in [-0.2, 0) is 9.53 Å². The van der Waals surface area contributed by atoms with Gasteiger partial charge in [-0.05, 0) is 24.6 Å². The molecule has 0 spiro atoms. The number of amides is 1. The average Bonchev–Trinajstić information content (AvgIpc) is 2.52. The molecule has 1 aromatic rings. The summed E-state index contributed by atoms with van der Waals surface area (Å²) in [5.74, 6) is 0.809. The van der Waals surface area contributed by atoms with Crippen LogP contribution in [0.3, 0.4) is 0 Å². The van der Waals surface area contributed by atoms with E-state index < -0.39 is 0 Å². The van der Waals surface area contributed by atoms with Crippen LogP contribution in [0.2, 0.25) is 0 Å². The van der Waals surface area contributed by atoms with Crippen LogP contribution in [-0.4, -0.2) is 50.3 Å². The Kier molecular flexibility index (Phi) is 5.63. The molecular formula is C16H22N2O3. The summed E-state index contributed by atoms with van der Waals surface area (Å²) in [4.78, 5) is 13.9. The van der Waals surface area contributed by atoms with Gasteiger partial charge >= 0.3 is 0 Å². The second-order valence-electron chi connectivity index (χ2n) is 5.09. The van der Waals surface area contributed by atoms with Gasteiger partial charge in [0.2, 0.25) is 5.91 Å². The predicted octanol–water partition coefficient (Wildman–Crippen LogP) is 1.91. The summed E-state index contributed by atoms with van der Waals surface area (Å²) in [6.07, 6.45) is 0. The number of benzene rings is 1. The van der Waals surface area contributed by atoms with Crippen molar-refractivity contribution in [1.29, 1.82) is 0 Å². The number of nitrogens with one attached hydrogen (secondary N) is 1. The lowest BCUT2D eigenvalue weighted by atomic mass is 10.3. The highest BCUT2D eigenvalue weighted by atomic mass is 16.5. The third-order valence-electron chi connectivity index (χ3n) is 3.15. The van der Waals surface area contributed by atoms with E-state index in [9.17, 15) is 4.79 Å². The van der Waals surface area contributed by atoms with Crippen molar-refractivity contribution in [1.82, 2.24) is 4.90 Å². The summed E-state index contributed by atoms with van der Waals surface area (Å²) in [6.45, 7) is 9.01. The van der Waals surface area contributed by atoms with Crippen LogP contribution in [0.1, 0.15) is 6.92 Å². The predicted molar refractivity (Wildman–Crippen MR) is 82.6 cm³/mol. The average molecular weight is 290 g/mol. The molecule has 0 aliphatic carbocycles. The lowest BCUT2D eigenvalue weighted by Crippen LogP contribution is -2.43. The SMILES string of the molecule is C=C(C)COc1ccccc1NCC(=O)N1CCOCC1. The smallest absolute Gasteiger partial charge is 0.242 e. The summed E-state index contributed by atoms with van der Waals surface area (Å²) in [5, 5.41) is 3.15. The molecule has 1 amide bonds. The summed E-state index contributed by atoms with van der Waals surface area (Å²) >= 11 is 0. The molecular weight excluding hydrogens is 268 g/mol. The first-order valence-electron chi connectivity index (χ1n) is 7.12. The molecule has 114 valence electrons. The lowest BCUT2D eigenvalue weighted by Gasteiger charge is -2.27. The summed E-state index contributed by atoms with van der Waals surface area (Å²) in [7, 11) is 0. The molecule has 1 fully saturated rings. The maximum atomic E-state index is 12.1. The molecule has 1 heterocycles. The first-order chi connectivity index (χ1) is 10.2.